The standard InChI is InChI=1S/C9H6Br2S4/c10-6-1-3-12-8(6)14-5-15-9-7(11)2-4-13-9/h1-4H,5H2. The van der Waals surface area contributed by atoms with Gasteiger partial charge in [0.15, 0.2) is 0 Å². The third kappa shape index (κ3) is 3.51. The molecular weight excluding hydrogens is 396 g/mol. The van der Waals surface area contributed by atoms with Crippen LogP contribution < -0.4 is 0 Å². The van der Waals surface area contributed by atoms with E-state index in [1.807, 2.05) is 23.5 Å². The van der Waals surface area contributed by atoms with Crippen molar-refractivity contribution in [3.8, 4) is 0 Å². The van der Waals surface area contributed by atoms with Crippen LogP contribution in [-0.4, -0.2) is 5.08 Å². The van der Waals surface area contributed by atoms with Crippen molar-refractivity contribution in [2.24, 2.45) is 0 Å². The van der Waals surface area contributed by atoms with Gasteiger partial charge in [-0.3, -0.25) is 0 Å². The number of halogens is 2. The quantitative estimate of drug-likeness (QED) is 0.443. The van der Waals surface area contributed by atoms with Crippen LogP contribution in [-0.2, 0) is 0 Å². The van der Waals surface area contributed by atoms with Crippen molar-refractivity contribution in [3.63, 3.8) is 0 Å². The first-order chi connectivity index (χ1) is 7.27. The van der Waals surface area contributed by atoms with E-state index in [4.69, 9.17) is 0 Å². The Kier molecular flexibility index (Phi) is 5.10. The molecule has 15 heavy (non-hydrogen) atoms. The van der Waals surface area contributed by atoms with E-state index >= 15 is 0 Å². The molecule has 2 aromatic heterocycles. The Morgan fingerprint density at radius 2 is 1.40 bits per heavy atom. The molecule has 2 heterocycles. The summed E-state index contributed by atoms with van der Waals surface area (Å²) in [4.78, 5) is 0. The fraction of sp³-hybridized carbons (Fsp3) is 0.111. The van der Waals surface area contributed by atoms with Crippen molar-refractivity contribution in [2.75, 3.05) is 5.08 Å². The van der Waals surface area contributed by atoms with Gasteiger partial charge >= 0.3 is 0 Å². The average molecular weight is 402 g/mol. The fourth-order valence-electron chi connectivity index (χ4n) is 0.902. The largest absolute Gasteiger partial charge is 0.136 e. The molecule has 0 spiro atoms. The predicted octanol–water partition coefficient (Wildman–Crippen LogP) is 6.18. The van der Waals surface area contributed by atoms with Crippen LogP contribution in [0, 0.1) is 0 Å². The summed E-state index contributed by atoms with van der Waals surface area (Å²) >= 11 is 14.4. The Bertz CT molecular complexity index is 395. The zero-order valence-electron chi connectivity index (χ0n) is 7.41. The molecule has 0 N–H and O–H groups in total. The number of hydrogen-bond acceptors (Lipinski definition) is 4. The maximum Gasteiger partial charge on any atom is 0.0749 e. The van der Waals surface area contributed by atoms with Crippen molar-refractivity contribution >= 4 is 78.1 Å². The second-order valence-corrected chi connectivity index (χ2v) is 8.91. The molecule has 2 aromatic rings. The Labute approximate surface area is 122 Å². The normalized spacial score (nSPS) is 10.8. The van der Waals surface area contributed by atoms with Gasteiger partial charge in [-0.15, -0.1) is 46.2 Å². The summed E-state index contributed by atoms with van der Waals surface area (Å²) in [6, 6.07) is 4.19. The first-order valence-electron chi connectivity index (χ1n) is 3.99. The number of thioether (sulfide) groups is 2. The van der Waals surface area contributed by atoms with Gasteiger partial charge in [0.2, 0.25) is 0 Å². The van der Waals surface area contributed by atoms with Crippen LogP contribution in [0.2, 0.25) is 0 Å². The maximum absolute atomic E-state index is 3.53. The lowest BCUT2D eigenvalue weighted by atomic mass is 10.7. The highest BCUT2D eigenvalue weighted by Crippen LogP contribution is 2.39. The lowest BCUT2D eigenvalue weighted by Gasteiger charge is -1.98. The molecule has 0 aromatic carbocycles. The van der Waals surface area contributed by atoms with Crippen molar-refractivity contribution in [2.45, 2.75) is 8.42 Å². The Morgan fingerprint density at radius 1 is 0.933 bits per heavy atom. The molecule has 0 saturated carbocycles. The average Bonchev–Trinajstić information content (AvgIpc) is 2.78. The smallest absolute Gasteiger partial charge is 0.0749 e. The lowest BCUT2D eigenvalue weighted by Crippen LogP contribution is -1.69. The van der Waals surface area contributed by atoms with Crippen molar-refractivity contribution < 1.29 is 0 Å². The summed E-state index contributed by atoms with van der Waals surface area (Å²) in [6.45, 7) is 0. The molecule has 0 saturated heterocycles. The number of hydrogen-bond donors (Lipinski definition) is 0. The molecule has 80 valence electrons. The van der Waals surface area contributed by atoms with Gasteiger partial charge in [0.05, 0.1) is 13.5 Å². The molecule has 0 aliphatic heterocycles. The minimum Gasteiger partial charge on any atom is -0.136 e. The van der Waals surface area contributed by atoms with Gasteiger partial charge in [-0.25, -0.2) is 0 Å². The molecule has 0 bridgehead atoms. The minimum absolute atomic E-state index is 1.05. The number of thiophene rings is 2. The van der Waals surface area contributed by atoms with Crippen molar-refractivity contribution in [3.05, 3.63) is 31.8 Å². The monoisotopic (exact) mass is 400 g/mol. The Balaban J connectivity index is 1.86. The fourth-order valence-corrected chi connectivity index (χ4v) is 7.03. The van der Waals surface area contributed by atoms with Crippen LogP contribution in [0.25, 0.3) is 0 Å². The predicted molar refractivity (Wildman–Crippen MR) is 80.6 cm³/mol. The summed E-state index contributed by atoms with van der Waals surface area (Å²) in [5.41, 5.74) is 0. The van der Waals surface area contributed by atoms with Gasteiger partial charge < -0.3 is 0 Å². The summed E-state index contributed by atoms with van der Waals surface area (Å²) < 4.78 is 5.14. The second kappa shape index (κ2) is 6.12. The van der Waals surface area contributed by atoms with Crippen molar-refractivity contribution in [1.29, 1.82) is 0 Å². The van der Waals surface area contributed by atoms with E-state index in [1.54, 1.807) is 22.7 Å². The summed E-state index contributed by atoms with van der Waals surface area (Å²) in [5, 5.41) is 5.27. The summed E-state index contributed by atoms with van der Waals surface area (Å²) in [5.74, 6) is 0. The molecule has 0 nitrogen and oxygen atoms in total. The summed E-state index contributed by atoms with van der Waals surface area (Å²) in [7, 11) is 0. The van der Waals surface area contributed by atoms with E-state index in [9.17, 15) is 0 Å². The van der Waals surface area contributed by atoms with Crippen LogP contribution in [0.1, 0.15) is 0 Å². The molecule has 0 aliphatic carbocycles. The van der Waals surface area contributed by atoms with Crippen LogP contribution in [0.15, 0.2) is 40.3 Å². The highest BCUT2D eigenvalue weighted by Gasteiger charge is 2.05. The summed E-state index contributed by atoms with van der Waals surface area (Å²) in [6.07, 6.45) is 0. The third-order valence-electron chi connectivity index (χ3n) is 1.55. The van der Waals surface area contributed by atoms with Gasteiger partial charge in [-0.05, 0) is 54.8 Å². The van der Waals surface area contributed by atoms with E-state index in [2.05, 4.69) is 54.8 Å². The van der Waals surface area contributed by atoms with E-state index in [0.717, 1.165) is 5.08 Å². The molecule has 0 unspecified atom stereocenters. The molecule has 0 amide bonds. The molecule has 0 radical (unpaired) electrons. The molecule has 0 fully saturated rings. The zero-order chi connectivity index (χ0) is 10.7. The Morgan fingerprint density at radius 3 is 1.73 bits per heavy atom. The van der Waals surface area contributed by atoms with Gasteiger partial charge in [0.25, 0.3) is 0 Å². The molecule has 6 heteroatoms. The topological polar surface area (TPSA) is 0 Å². The van der Waals surface area contributed by atoms with E-state index in [1.165, 1.54) is 17.4 Å². The van der Waals surface area contributed by atoms with Gasteiger partial charge in [0, 0.05) is 8.95 Å². The van der Waals surface area contributed by atoms with E-state index < -0.39 is 0 Å². The Hall–Kier alpha value is 1.06. The van der Waals surface area contributed by atoms with Gasteiger partial charge in [0.1, 0.15) is 0 Å². The van der Waals surface area contributed by atoms with Crippen LogP contribution >= 0.6 is 78.1 Å². The van der Waals surface area contributed by atoms with Gasteiger partial charge in [-0.1, -0.05) is 0 Å². The van der Waals surface area contributed by atoms with Crippen LogP contribution in [0.4, 0.5) is 0 Å². The molecule has 0 aliphatic rings. The molecular formula is C9H6Br2S4. The molecule has 2 rings (SSSR count). The highest BCUT2D eigenvalue weighted by atomic mass is 79.9. The van der Waals surface area contributed by atoms with Crippen LogP contribution in [0.5, 0.6) is 0 Å². The number of rotatable bonds is 4. The highest BCUT2D eigenvalue weighted by molar-refractivity contribution is 9.10. The second-order valence-electron chi connectivity index (χ2n) is 2.52. The van der Waals surface area contributed by atoms with Crippen LogP contribution in [0.3, 0.4) is 0 Å². The van der Waals surface area contributed by atoms with Gasteiger partial charge in [-0.2, -0.15) is 0 Å². The van der Waals surface area contributed by atoms with Crippen molar-refractivity contribution in [1.82, 2.24) is 0 Å². The molecule has 0 atom stereocenters. The third-order valence-corrected chi connectivity index (χ3v) is 8.52. The minimum atomic E-state index is 1.05. The zero-order valence-corrected chi connectivity index (χ0v) is 13.8. The maximum atomic E-state index is 3.53. The lowest BCUT2D eigenvalue weighted by molar-refractivity contribution is 1.63. The SMILES string of the molecule is Brc1ccsc1SCSc1sccc1Br. The first kappa shape index (κ1) is 12.5. The van der Waals surface area contributed by atoms with E-state index in [0.29, 0.717) is 0 Å². The first-order valence-corrected chi connectivity index (χ1v) is 9.30. The van der Waals surface area contributed by atoms with E-state index in [-0.39, 0.29) is 0 Å².